The lowest BCUT2D eigenvalue weighted by atomic mass is 10.2. The number of H-pyrrole nitrogens is 2. The number of nitrogens with one attached hydrogen (secondary N) is 2. The zero-order valence-corrected chi connectivity index (χ0v) is 12.6. The minimum atomic E-state index is -0.357. The molecule has 6 heteroatoms. The molecule has 3 heterocycles. The number of aromatic nitrogens is 3. The molecule has 0 aromatic carbocycles. The van der Waals surface area contributed by atoms with Crippen molar-refractivity contribution in [2.45, 2.75) is 14.4 Å². The van der Waals surface area contributed by atoms with E-state index in [-0.39, 0.29) is 29.2 Å². The van der Waals surface area contributed by atoms with Gasteiger partial charge in [0, 0.05) is 11.1 Å². The van der Waals surface area contributed by atoms with Crippen molar-refractivity contribution in [3.63, 3.8) is 0 Å². The summed E-state index contributed by atoms with van der Waals surface area (Å²) in [5.41, 5.74) is 0.943. The van der Waals surface area contributed by atoms with Crippen LogP contribution in [0, 0.1) is 6.92 Å². The van der Waals surface area contributed by atoms with Gasteiger partial charge >= 0.3 is 0 Å². The van der Waals surface area contributed by atoms with E-state index in [0.717, 1.165) is 10.4 Å². The summed E-state index contributed by atoms with van der Waals surface area (Å²) in [7, 11) is 0. The number of aryl methyl sites for hydroxylation is 1. The molecule has 5 nitrogen and oxygen atoms in total. The van der Waals surface area contributed by atoms with Crippen molar-refractivity contribution in [2.24, 2.45) is 0 Å². The molecule has 118 valence electrons. The van der Waals surface area contributed by atoms with E-state index in [1.165, 1.54) is 11.3 Å². The topological polar surface area (TPSA) is 78.6 Å². The Morgan fingerprint density at radius 2 is 1.74 bits per heavy atom. The number of rotatable bonds is 2. The standard InChI is InChI=1S/C16H13N3O2S.CH4/c1-10-4-5-11(17-9-10)7-13-15(20)19-14(16(21)18-13)8-12-3-2-6-22-12;/h2-9H,1H3,(H,18,21)(H,19,20);1H4. The molecule has 2 N–H and O–H groups in total. The molecule has 0 fully saturated rings. The maximum Gasteiger partial charge on any atom is 0.272 e. The average Bonchev–Trinajstić information content (AvgIpc) is 2.99. The van der Waals surface area contributed by atoms with Crippen molar-refractivity contribution in [3.05, 3.63) is 83.4 Å². The molecule has 0 spiro atoms. The highest BCUT2D eigenvalue weighted by atomic mass is 32.1. The Morgan fingerprint density at radius 1 is 1.04 bits per heavy atom. The molecule has 3 aromatic heterocycles. The molecule has 0 radical (unpaired) electrons. The van der Waals surface area contributed by atoms with Crippen molar-refractivity contribution < 1.29 is 0 Å². The van der Waals surface area contributed by atoms with E-state index < -0.39 is 0 Å². The molecule has 3 aromatic rings. The van der Waals surface area contributed by atoms with Crippen LogP contribution in [0.4, 0.5) is 0 Å². The van der Waals surface area contributed by atoms with Gasteiger partial charge < -0.3 is 9.97 Å². The van der Waals surface area contributed by atoms with Crippen molar-refractivity contribution in [3.8, 4) is 0 Å². The van der Waals surface area contributed by atoms with Crippen LogP contribution in [0.2, 0.25) is 0 Å². The lowest BCUT2D eigenvalue weighted by Crippen LogP contribution is -2.46. The zero-order chi connectivity index (χ0) is 15.5. The van der Waals surface area contributed by atoms with Crippen LogP contribution in [0.25, 0.3) is 12.2 Å². The second kappa shape index (κ2) is 7.02. The van der Waals surface area contributed by atoms with Crippen LogP contribution in [0.5, 0.6) is 0 Å². The molecule has 23 heavy (non-hydrogen) atoms. The van der Waals surface area contributed by atoms with E-state index >= 15 is 0 Å². The number of aromatic amines is 2. The molecule has 0 aliphatic carbocycles. The lowest BCUT2D eigenvalue weighted by molar-refractivity contribution is 1.00. The first-order valence-corrected chi connectivity index (χ1v) is 7.52. The van der Waals surface area contributed by atoms with E-state index in [2.05, 4.69) is 15.0 Å². The summed E-state index contributed by atoms with van der Waals surface area (Å²) >= 11 is 1.49. The Bertz CT molecular complexity index is 1010. The van der Waals surface area contributed by atoms with Gasteiger partial charge in [-0.05, 0) is 42.2 Å². The predicted octanol–water partition coefficient (Wildman–Crippen LogP) is 1.12. The van der Waals surface area contributed by atoms with Crippen molar-refractivity contribution in [1.82, 2.24) is 15.0 Å². The second-order valence-electron chi connectivity index (χ2n) is 4.80. The number of hydrogen-bond acceptors (Lipinski definition) is 4. The summed E-state index contributed by atoms with van der Waals surface area (Å²) in [6.07, 6.45) is 4.91. The molecule has 0 amide bonds. The smallest absolute Gasteiger partial charge is 0.272 e. The largest absolute Gasteiger partial charge is 0.316 e. The van der Waals surface area contributed by atoms with E-state index in [0.29, 0.717) is 5.69 Å². The van der Waals surface area contributed by atoms with Gasteiger partial charge in [0.15, 0.2) is 0 Å². The Balaban J connectivity index is 0.00000192. The van der Waals surface area contributed by atoms with Crippen LogP contribution in [0.15, 0.2) is 45.4 Å². The predicted molar refractivity (Wildman–Crippen MR) is 94.1 cm³/mol. The molecule has 0 atom stereocenters. The molecule has 0 saturated heterocycles. The van der Waals surface area contributed by atoms with E-state index in [1.54, 1.807) is 24.4 Å². The van der Waals surface area contributed by atoms with Crippen LogP contribution >= 0.6 is 11.3 Å². The van der Waals surface area contributed by atoms with Crippen LogP contribution in [-0.4, -0.2) is 15.0 Å². The fourth-order valence-corrected chi connectivity index (χ4v) is 2.58. The van der Waals surface area contributed by atoms with Gasteiger partial charge in [0.2, 0.25) is 0 Å². The zero-order valence-electron chi connectivity index (χ0n) is 11.8. The van der Waals surface area contributed by atoms with Gasteiger partial charge in [-0.25, -0.2) is 0 Å². The van der Waals surface area contributed by atoms with Crippen molar-refractivity contribution in [2.75, 3.05) is 0 Å². The van der Waals surface area contributed by atoms with Crippen molar-refractivity contribution in [1.29, 1.82) is 0 Å². The van der Waals surface area contributed by atoms with Gasteiger partial charge in [0.25, 0.3) is 11.1 Å². The molecule has 0 aliphatic heterocycles. The SMILES string of the molecule is C.Cc1ccc(C=c2[nH]c(=O)c(=Cc3cccs3)[nH]c2=O)nc1. The fraction of sp³-hybridized carbons (Fsp3) is 0.118. The van der Waals surface area contributed by atoms with Crippen LogP contribution < -0.4 is 21.8 Å². The summed E-state index contributed by atoms with van der Waals surface area (Å²) in [5.74, 6) is 0. The Morgan fingerprint density at radius 3 is 2.30 bits per heavy atom. The molecular formula is C17H17N3O2S. The van der Waals surface area contributed by atoms with Gasteiger partial charge in [-0.15, -0.1) is 11.3 Å². The second-order valence-corrected chi connectivity index (χ2v) is 5.78. The summed E-state index contributed by atoms with van der Waals surface area (Å²) in [6, 6.07) is 7.44. The van der Waals surface area contributed by atoms with Crippen molar-refractivity contribution >= 4 is 23.5 Å². The number of pyridine rings is 1. The minimum Gasteiger partial charge on any atom is -0.316 e. The quantitative estimate of drug-likeness (QED) is 0.740. The average molecular weight is 327 g/mol. The van der Waals surface area contributed by atoms with E-state index in [4.69, 9.17) is 0 Å². The summed E-state index contributed by atoms with van der Waals surface area (Å²) in [6.45, 7) is 1.93. The summed E-state index contributed by atoms with van der Waals surface area (Å²) in [4.78, 5) is 34.5. The fourth-order valence-electron chi connectivity index (χ4n) is 1.92. The normalized spacial score (nSPS) is 12.2. The molecule has 3 rings (SSSR count). The monoisotopic (exact) mass is 327 g/mol. The molecule has 0 saturated carbocycles. The number of thiophene rings is 1. The highest BCUT2D eigenvalue weighted by molar-refractivity contribution is 7.10. The highest BCUT2D eigenvalue weighted by Gasteiger charge is 1.97. The summed E-state index contributed by atoms with van der Waals surface area (Å²) in [5, 5.41) is 2.33. The van der Waals surface area contributed by atoms with Gasteiger partial charge in [-0.3, -0.25) is 14.6 Å². The van der Waals surface area contributed by atoms with Crippen LogP contribution in [0.3, 0.4) is 0 Å². The maximum absolute atomic E-state index is 12.1. The molecule has 0 aliphatic rings. The highest BCUT2D eigenvalue weighted by Crippen LogP contribution is 2.07. The van der Waals surface area contributed by atoms with E-state index in [9.17, 15) is 9.59 Å². The molecule has 0 bridgehead atoms. The Hall–Kier alpha value is -2.73. The Labute approximate surface area is 136 Å². The molecule has 0 unspecified atom stereocenters. The van der Waals surface area contributed by atoms with Gasteiger partial charge in [0.1, 0.15) is 10.7 Å². The first-order chi connectivity index (χ1) is 10.6. The summed E-state index contributed by atoms with van der Waals surface area (Å²) < 4.78 is 0. The van der Waals surface area contributed by atoms with Gasteiger partial charge in [-0.2, -0.15) is 0 Å². The van der Waals surface area contributed by atoms with Gasteiger partial charge in [0.05, 0.1) is 5.69 Å². The Kier molecular flexibility index (Phi) is 5.08. The third kappa shape index (κ3) is 3.92. The number of nitrogens with zero attached hydrogens (tertiary/aromatic N) is 1. The maximum atomic E-state index is 12.1. The first-order valence-electron chi connectivity index (χ1n) is 6.64. The van der Waals surface area contributed by atoms with Crippen LogP contribution in [0.1, 0.15) is 23.6 Å². The lowest BCUT2D eigenvalue weighted by Gasteiger charge is -1.94. The minimum absolute atomic E-state index is 0. The van der Waals surface area contributed by atoms with E-state index in [1.807, 2.05) is 30.5 Å². The third-order valence-corrected chi connectivity index (χ3v) is 3.86. The van der Waals surface area contributed by atoms with Crippen LogP contribution in [-0.2, 0) is 0 Å². The number of hydrogen-bond donors (Lipinski definition) is 2. The van der Waals surface area contributed by atoms with Gasteiger partial charge in [-0.1, -0.05) is 19.6 Å². The molecular weight excluding hydrogens is 310 g/mol. The first kappa shape index (κ1) is 16.6. The third-order valence-electron chi connectivity index (χ3n) is 3.04.